The Morgan fingerprint density at radius 3 is 2.36 bits per heavy atom. The lowest BCUT2D eigenvalue weighted by atomic mass is 9.86. The number of ketones is 1. The molecular formula is C18H25NO3. The van der Waals surface area contributed by atoms with Crippen LogP contribution < -0.4 is 5.32 Å². The van der Waals surface area contributed by atoms with Crippen LogP contribution >= 0.6 is 0 Å². The van der Waals surface area contributed by atoms with Gasteiger partial charge in [-0.2, -0.15) is 0 Å². The molecule has 0 amide bonds. The molecule has 0 spiro atoms. The third-order valence-corrected chi connectivity index (χ3v) is 4.49. The summed E-state index contributed by atoms with van der Waals surface area (Å²) in [5, 5.41) is 12.7. The first-order chi connectivity index (χ1) is 10.5. The zero-order chi connectivity index (χ0) is 16.1. The maximum absolute atomic E-state index is 11.8. The van der Waals surface area contributed by atoms with Gasteiger partial charge in [0, 0.05) is 12.3 Å². The third-order valence-electron chi connectivity index (χ3n) is 4.49. The van der Waals surface area contributed by atoms with Crippen LogP contribution in [0.4, 0.5) is 0 Å². The smallest absolute Gasteiger partial charge is 0.307 e. The zero-order valence-corrected chi connectivity index (χ0v) is 13.3. The number of benzene rings is 1. The zero-order valence-electron chi connectivity index (χ0n) is 13.3. The maximum Gasteiger partial charge on any atom is 0.307 e. The van der Waals surface area contributed by atoms with Gasteiger partial charge in [0.1, 0.15) is 5.78 Å². The summed E-state index contributed by atoms with van der Waals surface area (Å²) in [6.45, 7) is 5.51. The Hall–Kier alpha value is -1.68. The fourth-order valence-corrected chi connectivity index (χ4v) is 2.93. The molecule has 1 heterocycles. The highest BCUT2D eigenvalue weighted by Crippen LogP contribution is 2.24. The lowest BCUT2D eigenvalue weighted by Gasteiger charge is -2.18. The van der Waals surface area contributed by atoms with E-state index in [-0.39, 0.29) is 23.5 Å². The molecule has 1 fully saturated rings. The van der Waals surface area contributed by atoms with E-state index in [9.17, 15) is 14.7 Å². The predicted molar refractivity (Wildman–Crippen MR) is 85.8 cm³/mol. The van der Waals surface area contributed by atoms with Crippen LogP contribution in [0.2, 0.25) is 0 Å². The molecule has 120 valence electrons. The van der Waals surface area contributed by atoms with Crippen molar-refractivity contribution in [1.82, 2.24) is 5.32 Å². The predicted octanol–water partition coefficient (Wildman–Crippen LogP) is 2.31. The van der Waals surface area contributed by atoms with Gasteiger partial charge in [-0.25, -0.2) is 0 Å². The molecule has 1 aliphatic heterocycles. The van der Waals surface area contributed by atoms with Gasteiger partial charge in [-0.1, -0.05) is 38.1 Å². The second kappa shape index (κ2) is 7.54. The van der Waals surface area contributed by atoms with E-state index in [1.54, 1.807) is 0 Å². The Balaban J connectivity index is 2.00. The van der Waals surface area contributed by atoms with Crippen LogP contribution in [0, 0.1) is 17.8 Å². The van der Waals surface area contributed by atoms with E-state index >= 15 is 0 Å². The summed E-state index contributed by atoms with van der Waals surface area (Å²) in [4.78, 5) is 23.3. The Bertz CT molecular complexity index is 516. The number of aliphatic carboxylic acids is 1. The van der Waals surface area contributed by atoms with E-state index in [2.05, 4.69) is 5.32 Å². The van der Waals surface area contributed by atoms with Crippen molar-refractivity contribution in [2.75, 3.05) is 13.1 Å². The monoisotopic (exact) mass is 303 g/mol. The van der Waals surface area contributed by atoms with Crippen molar-refractivity contribution in [3.63, 3.8) is 0 Å². The van der Waals surface area contributed by atoms with Gasteiger partial charge in [0.05, 0.1) is 5.92 Å². The molecule has 1 aromatic carbocycles. The van der Waals surface area contributed by atoms with Gasteiger partial charge in [0.2, 0.25) is 0 Å². The summed E-state index contributed by atoms with van der Waals surface area (Å²) in [5.41, 5.74) is 2.02. The van der Waals surface area contributed by atoms with Gasteiger partial charge >= 0.3 is 5.97 Å². The quantitative estimate of drug-likeness (QED) is 0.811. The summed E-state index contributed by atoms with van der Waals surface area (Å²) >= 11 is 0. The maximum atomic E-state index is 11.8. The second-order valence-corrected chi connectivity index (χ2v) is 6.52. The molecule has 0 aliphatic carbocycles. The molecule has 2 N–H and O–H groups in total. The summed E-state index contributed by atoms with van der Waals surface area (Å²) in [6.07, 6.45) is 1.94. The van der Waals surface area contributed by atoms with Crippen molar-refractivity contribution >= 4 is 11.8 Å². The first kappa shape index (κ1) is 16.7. The van der Waals surface area contributed by atoms with Gasteiger partial charge in [0.25, 0.3) is 0 Å². The van der Waals surface area contributed by atoms with E-state index in [1.165, 1.54) is 0 Å². The molecule has 0 aromatic heterocycles. The van der Waals surface area contributed by atoms with Crippen LogP contribution in [0.25, 0.3) is 0 Å². The van der Waals surface area contributed by atoms with Crippen molar-refractivity contribution in [3.8, 4) is 0 Å². The van der Waals surface area contributed by atoms with Gasteiger partial charge in [0.15, 0.2) is 0 Å². The van der Waals surface area contributed by atoms with Crippen LogP contribution in [0.15, 0.2) is 24.3 Å². The molecule has 1 saturated heterocycles. The van der Waals surface area contributed by atoms with Crippen LogP contribution in [0.1, 0.15) is 31.4 Å². The van der Waals surface area contributed by atoms with Crippen molar-refractivity contribution < 1.29 is 14.7 Å². The fraction of sp³-hybridized carbons (Fsp3) is 0.556. The standard InChI is InChI=1S/C18H25NO3/c1-12(2)17(20)10-14-5-3-13(4-6-14)9-16(18(21)22)15-7-8-19-11-15/h3-6,12,15-16,19H,7-11H2,1-2H3,(H,21,22)/t15-,16-/m0/s1. The largest absolute Gasteiger partial charge is 0.481 e. The first-order valence-corrected chi connectivity index (χ1v) is 8.01. The van der Waals surface area contributed by atoms with Crippen LogP contribution in [-0.2, 0) is 22.4 Å². The molecule has 2 rings (SSSR count). The molecule has 0 bridgehead atoms. The highest BCUT2D eigenvalue weighted by atomic mass is 16.4. The van der Waals surface area contributed by atoms with E-state index in [1.807, 2.05) is 38.1 Å². The van der Waals surface area contributed by atoms with E-state index in [4.69, 9.17) is 0 Å². The van der Waals surface area contributed by atoms with Crippen molar-refractivity contribution in [3.05, 3.63) is 35.4 Å². The molecular weight excluding hydrogens is 278 g/mol. The van der Waals surface area contributed by atoms with Crippen molar-refractivity contribution in [2.24, 2.45) is 17.8 Å². The number of carbonyl (C=O) groups is 2. The van der Waals surface area contributed by atoms with E-state index < -0.39 is 5.97 Å². The Kier molecular flexibility index (Phi) is 5.72. The van der Waals surface area contributed by atoms with Gasteiger partial charge in [-0.3, -0.25) is 9.59 Å². The van der Waals surface area contributed by atoms with E-state index in [0.717, 1.165) is 30.6 Å². The minimum Gasteiger partial charge on any atom is -0.481 e. The average molecular weight is 303 g/mol. The molecule has 1 aromatic rings. The Morgan fingerprint density at radius 1 is 1.23 bits per heavy atom. The SMILES string of the molecule is CC(C)C(=O)Cc1ccc(C[C@H](C(=O)O)[C@H]2CCNC2)cc1. The number of nitrogens with one attached hydrogen (secondary N) is 1. The third kappa shape index (κ3) is 4.41. The molecule has 1 aliphatic rings. The van der Waals surface area contributed by atoms with Crippen molar-refractivity contribution in [1.29, 1.82) is 0 Å². The average Bonchev–Trinajstić information content (AvgIpc) is 2.99. The fourth-order valence-electron chi connectivity index (χ4n) is 2.93. The van der Waals surface area contributed by atoms with Crippen LogP contribution in [0.5, 0.6) is 0 Å². The number of carbonyl (C=O) groups excluding carboxylic acids is 1. The highest BCUT2D eigenvalue weighted by molar-refractivity contribution is 5.82. The summed E-state index contributed by atoms with van der Waals surface area (Å²) in [5.74, 6) is -0.565. The van der Waals surface area contributed by atoms with Crippen LogP contribution in [0.3, 0.4) is 0 Å². The molecule has 2 atom stereocenters. The number of carboxylic acid groups (broad SMARTS) is 1. The van der Waals surface area contributed by atoms with Crippen molar-refractivity contribution in [2.45, 2.75) is 33.1 Å². The molecule has 4 nitrogen and oxygen atoms in total. The molecule has 22 heavy (non-hydrogen) atoms. The number of Topliss-reactive ketones (excluding diaryl/α,β-unsaturated/α-hetero) is 1. The normalized spacial score (nSPS) is 19.3. The highest BCUT2D eigenvalue weighted by Gasteiger charge is 2.30. The molecule has 0 saturated carbocycles. The summed E-state index contributed by atoms with van der Waals surface area (Å²) in [6, 6.07) is 7.81. The minimum atomic E-state index is -0.715. The second-order valence-electron chi connectivity index (χ2n) is 6.52. The summed E-state index contributed by atoms with van der Waals surface area (Å²) < 4.78 is 0. The van der Waals surface area contributed by atoms with Gasteiger partial charge in [-0.05, 0) is 43.0 Å². The van der Waals surface area contributed by atoms with Gasteiger partial charge < -0.3 is 10.4 Å². The summed E-state index contributed by atoms with van der Waals surface area (Å²) in [7, 11) is 0. The topological polar surface area (TPSA) is 66.4 Å². The number of hydrogen-bond acceptors (Lipinski definition) is 3. The number of hydrogen-bond donors (Lipinski definition) is 2. The Labute approximate surface area is 131 Å². The first-order valence-electron chi connectivity index (χ1n) is 8.01. The van der Waals surface area contributed by atoms with Gasteiger partial charge in [-0.15, -0.1) is 0 Å². The lowest BCUT2D eigenvalue weighted by molar-refractivity contribution is -0.143. The Morgan fingerprint density at radius 2 is 1.86 bits per heavy atom. The molecule has 0 unspecified atom stereocenters. The van der Waals surface area contributed by atoms with Crippen LogP contribution in [-0.4, -0.2) is 29.9 Å². The number of rotatable bonds is 7. The molecule has 4 heteroatoms. The van der Waals surface area contributed by atoms with E-state index in [0.29, 0.717) is 12.8 Å². The minimum absolute atomic E-state index is 0.0472. The number of carboxylic acids is 1. The molecule has 0 radical (unpaired) electrons. The lowest BCUT2D eigenvalue weighted by Crippen LogP contribution is -2.27.